The van der Waals surface area contributed by atoms with Gasteiger partial charge in [0, 0.05) is 0 Å². The van der Waals surface area contributed by atoms with Gasteiger partial charge in [-0.2, -0.15) is 0 Å². The Morgan fingerprint density at radius 3 is 2.75 bits per heavy atom. The van der Waals surface area contributed by atoms with E-state index in [2.05, 4.69) is 6.08 Å². The Hall–Kier alpha value is -1.27. The molecule has 0 bridgehead atoms. The molecule has 0 atom stereocenters. The highest BCUT2D eigenvalue weighted by Crippen LogP contribution is 2.02. The third-order valence-corrected chi connectivity index (χ3v) is 0.865. The molecule has 1 aliphatic carbocycles. The quantitative estimate of drug-likeness (QED) is 0.447. The minimum absolute atomic E-state index is 0.0208. The lowest BCUT2D eigenvalue weighted by atomic mass is 10.2. The molecule has 40 valence electrons. The molecule has 1 aliphatic rings. The Labute approximate surface area is 47.6 Å². The lowest BCUT2D eigenvalue weighted by Crippen LogP contribution is -2.01. The van der Waals surface area contributed by atoms with Gasteiger partial charge < -0.3 is 10.8 Å². The Kier molecular flexibility index (Phi) is 1.03. The van der Waals surface area contributed by atoms with Crippen LogP contribution in [0.4, 0.5) is 0 Å². The molecule has 0 aromatic rings. The van der Waals surface area contributed by atoms with E-state index in [1.165, 1.54) is 0 Å². The monoisotopic (exact) mass is 108 g/mol. The van der Waals surface area contributed by atoms with Crippen molar-refractivity contribution in [1.82, 2.24) is 0 Å². The van der Waals surface area contributed by atoms with E-state index in [1.54, 1.807) is 18.2 Å². The minimum atomic E-state index is 0.0208. The van der Waals surface area contributed by atoms with E-state index in [9.17, 15) is 0 Å². The topological polar surface area (TPSA) is 46.2 Å². The lowest BCUT2D eigenvalue weighted by molar-refractivity contribution is 0.419. The van der Waals surface area contributed by atoms with Gasteiger partial charge in [-0.25, -0.2) is 0 Å². The van der Waals surface area contributed by atoms with Gasteiger partial charge in [0.1, 0.15) is 6.08 Å². The van der Waals surface area contributed by atoms with Gasteiger partial charge in [0.15, 0.2) is 5.70 Å². The van der Waals surface area contributed by atoms with Crippen LogP contribution in [0, 0.1) is 6.08 Å². The maximum atomic E-state index is 8.74. The molecule has 0 spiro atoms. The number of aliphatic hydroxyl groups excluding tert-OH is 1. The molecule has 8 heavy (non-hydrogen) atoms. The lowest BCUT2D eigenvalue weighted by Gasteiger charge is -1.87. The minimum Gasteiger partial charge on any atom is -0.479 e. The fourth-order valence-corrected chi connectivity index (χ4v) is 0.441. The summed E-state index contributed by atoms with van der Waals surface area (Å²) < 4.78 is 0. The maximum Gasteiger partial charge on any atom is 0.311 e. The summed E-state index contributed by atoms with van der Waals surface area (Å²) in [6.07, 6.45) is 7.47. The third-order valence-electron chi connectivity index (χ3n) is 0.865. The first-order valence-electron chi connectivity index (χ1n) is 2.26. The van der Waals surface area contributed by atoms with Crippen molar-refractivity contribution >= 4 is 0 Å². The van der Waals surface area contributed by atoms with E-state index in [0.717, 1.165) is 0 Å². The molecule has 0 aliphatic heterocycles. The van der Waals surface area contributed by atoms with Gasteiger partial charge >= 0.3 is 5.76 Å². The summed E-state index contributed by atoms with van der Waals surface area (Å²) in [5.41, 5.74) is 5.61. The van der Waals surface area contributed by atoms with Crippen molar-refractivity contribution in [2.24, 2.45) is 5.73 Å². The summed E-state index contributed by atoms with van der Waals surface area (Å²) in [5.74, 6) is 0.0208. The smallest absolute Gasteiger partial charge is 0.311 e. The Morgan fingerprint density at radius 2 is 2.38 bits per heavy atom. The van der Waals surface area contributed by atoms with Crippen LogP contribution in [0.5, 0.6) is 0 Å². The number of aliphatic hydroxyl groups is 1. The molecule has 0 aromatic carbocycles. The molecule has 0 saturated carbocycles. The molecule has 0 amide bonds. The number of allylic oxidation sites excluding steroid dienone is 4. The van der Waals surface area contributed by atoms with E-state index in [0.29, 0.717) is 5.70 Å². The SMILES string of the molecule is NC1=CC=C[C+]=C1O. The molecule has 0 heterocycles. The molecule has 0 saturated heterocycles. The van der Waals surface area contributed by atoms with E-state index in [-0.39, 0.29) is 5.76 Å². The third kappa shape index (κ3) is 0.695. The Morgan fingerprint density at radius 1 is 1.62 bits per heavy atom. The largest absolute Gasteiger partial charge is 0.479 e. The van der Waals surface area contributed by atoms with E-state index >= 15 is 0 Å². The van der Waals surface area contributed by atoms with Gasteiger partial charge in [-0.05, 0) is 0 Å². The summed E-state index contributed by atoms with van der Waals surface area (Å²) in [6, 6.07) is 0. The zero-order valence-corrected chi connectivity index (χ0v) is 4.26. The first-order valence-corrected chi connectivity index (χ1v) is 2.26. The van der Waals surface area contributed by atoms with Crippen LogP contribution in [0.1, 0.15) is 0 Å². The highest BCUT2D eigenvalue weighted by molar-refractivity contribution is 5.30. The molecular weight excluding hydrogens is 102 g/mol. The zero-order chi connectivity index (χ0) is 5.98. The van der Waals surface area contributed by atoms with Gasteiger partial charge in [0.05, 0.1) is 18.2 Å². The summed E-state index contributed by atoms with van der Waals surface area (Å²) in [7, 11) is 0. The normalized spacial score (nSPS) is 16.5. The summed E-state index contributed by atoms with van der Waals surface area (Å²) in [6.45, 7) is 0. The second kappa shape index (κ2) is 1.68. The van der Waals surface area contributed by atoms with E-state index in [4.69, 9.17) is 10.8 Å². The first-order chi connectivity index (χ1) is 3.80. The maximum absolute atomic E-state index is 8.74. The van der Waals surface area contributed by atoms with E-state index in [1.807, 2.05) is 0 Å². The van der Waals surface area contributed by atoms with Crippen molar-refractivity contribution in [3.8, 4) is 0 Å². The summed E-state index contributed by atoms with van der Waals surface area (Å²) in [4.78, 5) is 0. The van der Waals surface area contributed by atoms with Crippen LogP contribution in [0.15, 0.2) is 29.7 Å². The average Bonchev–Trinajstić information content (AvgIpc) is 1.77. The molecule has 2 nitrogen and oxygen atoms in total. The molecule has 0 radical (unpaired) electrons. The second-order valence-corrected chi connectivity index (χ2v) is 1.47. The Bertz CT molecular complexity index is 157. The average molecular weight is 108 g/mol. The fourth-order valence-electron chi connectivity index (χ4n) is 0.441. The molecule has 2 heteroatoms. The number of rotatable bonds is 0. The molecule has 0 aromatic heterocycles. The van der Waals surface area contributed by atoms with Gasteiger partial charge in [-0.1, -0.05) is 0 Å². The van der Waals surface area contributed by atoms with Crippen LogP contribution < -0.4 is 5.73 Å². The van der Waals surface area contributed by atoms with Crippen molar-refractivity contribution in [2.45, 2.75) is 0 Å². The van der Waals surface area contributed by atoms with Gasteiger partial charge in [-0.15, -0.1) is 0 Å². The second-order valence-electron chi connectivity index (χ2n) is 1.47. The van der Waals surface area contributed by atoms with Crippen molar-refractivity contribution in [3.63, 3.8) is 0 Å². The van der Waals surface area contributed by atoms with Crippen LogP contribution in [0.25, 0.3) is 0 Å². The fraction of sp³-hybridized carbons (Fsp3) is 0. The highest BCUT2D eigenvalue weighted by Gasteiger charge is 2.07. The van der Waals surface area contributed by atoms with Gasteiger partial charge in [-0.3, -0.25) is 0 Å². The van der Waals surface area contributed by atoms with Gasteiger partial charge in [0.25, 0.3) is 0 Å². The number of nitrogens with two attached hydrogens (primary N) is 1. The molecule has 0 fully saturated rings. The summed E-state index contributed by atoms with van der Waals surface area (Å²) in [5, 5.41) is 8.74. The zero-order valence-electron chi connectivity index (χ0n) is 4.26. The summed E-state index contributed by atoms with van der Waals surface area (Å²) >= 11 is 0. The molecule has 0 unspecified atom stereocenters. The predicted octanol–water partition coefficient (Wildman–Crippen LogP) is 0.644. The van der Waals surface area contributed by atoms with Crippen LogP contribution in [-0.4, -0.2) is 5.11 Å². The predicted molar refractivity (Wildman–Crippen MR) is 30.8 cm³/mol. The van der Waals surface area contributed by atoms with Crippen LogP contribution in [-0.2, 0) is 0 Å². The van der Waals surface area contributed by atoms with Crippen LogP contribution in [0.3, 0.4) is 0 Å². The highest BCUT2D eigenvalue weighted by atomic mass is 16.3. The molecule has 3 N–H and O–H groups in total. The van der Waals surface area contributed by atoms with E-state index < -0.39 is 0 Å². The molecular formula is C6H6NO+. The van der Waals surface area contributed by atoms with Gasteiger partial charge in [0.2, 0.25) is 0 Å². The van der Waals surface area contributed by atoms with Crippen molar-refractivity contribution in [3.05, 3.63) is 35.8 Å². The van der Waals surface area contributed by atoms with Crippen molar-refractivity contribution < 1.29 is 5.11 Å². The standard InChI is InChI=1S/C6H5NO/c7-5-3-1-2-4-6(5)8/h1-3H,7H2/p+1. The molecule has 1 rings (SSSR count). The van der Waals surface area contributed by atoms with Crippen molar-refractivity contribution in [2.75, 3.05) is 0 Å². The number of hydrogen-bond donors (Lipinski definition) is 2. The Balaban J connectivity index is 2.93. The first kappa shape index (κ1) is 4.88. The number of hydrogen-bond acceptors (Lipinski definition) is 2. The van der Waals surface area contributed by atoms with Crippen LogP contribution >= 0.6 is 0 Å². The van der Waals surface area contributed by atoms with Crippen molar-refractivity contribution in [1.29, 1.82) is 0 Å². The van der Waals surface area contributed by atoms with Crippen LogP contribution in [0.2, 0.25) is 0 Å².